The van der Waals surface area contributed by atoms with Crippen LogP contribution in [0.25, 0.3) is 0 Å². The van der Waals surface area contributed by atoms with E-state index in [1.54, 1.807) is 0 Å². The van der Waals surface area contributed by atoms with Crippen molar-refractivity contribution in [2.45, 2.75) is 13.8 Å². The van der Waals surface area contributed by atoms with Crippen LogP contribution in [0, 0.1) is 6.92 Å². The van der Waals surface area contributed by atoms with Crippen LogP contribution in [-0.2, 0) is 14.2 Å². The van der Waals surface area contributed by atoms with Crippen molar-refractivity contribution < 1.29 is 14.2 Å². The van der Waals surface area contributed by atoms with Gasteiger partial charge in [0, 0.05) is 24.5 Å². The number of rotatable bonds is 11. The Morgan fingerprint density at radius 2 is 1.65 bits per heavy atom. The molecule has 3 N–H and O–H groups in total. The Kier molecular flexibility index (Phi) is 8.78. The fraction of sp³-hybridized carbons (Fsp3) is 0.600. The summed E-state index contributed by atoms with van der Waals surface area (Å²) in [5, 5.41) is 3.29. The first-order chi connectivity index (χ1) is 9.74. The third kappa shape index (κ3) is 7.33. The van der Waals surface area contributed by atoms with E-state index in [1.165, 1.54) is 0 Å². The maximum absolute atomic E-state index is 5.77. The van der Waals surface area contributed by atoms with E-state index in [9.17, 15) is 0 Å². The lowest BCUT2D eigenvalue weighted by Gasteiger charge is -2.09. The Balaban J connectivity index is 1.95. The monoisotopic (exact) mass is 282 g/mol. The molecule has 5 nitrogen and oxygen atoms in total. The molecule has 1 aromatic carbocycles. The molecular weight excluding hydrogens is 256 g/mol. The summed E-state index contributed by atoms with van der Waals surface area (Å²) in [7, 11) is 0. The highest BCUT2D eigenvalue weighted by Gasteiger charge is 1.96. The van der Waals surface area contributed by atoms with Crippen LogP contribution in [-0.4, -0.2) is 46.2 Å². The van der Waals surface area contributed by atoms with Gasteiger partial charge in [0.05, 0.1) is 33.0 Å². The molecule has 0 aliphatic rings. The average Bonchev–Trinajstić information content (AvgIpc) is 2.45. The van der Waals surface area contributed by atoms with Gasteiger partial charge in [-0.15, -0.1) is 0 Å². The van der Waals surface area contributed by atoms with Crippen LogP contribution in [0.4, 0.5) is 11.4 Å². The van der Waals surface area contributed by atoms with Gasteiger partial charge in [0.1, 0.15) is 0 Å². The van der Waals surface area contributed by atoms with Crippen LogP contribution >= 0.6 is 0 Å². The molecule has 0 aliphatic heterocycles. The number of benzene rings is 1. The zero-order chi connectivity index (χ0) is 14.6. The van der Waals surface area contributed by atoms with E-state index in [-0.39, 0.29) is 0 Å². The van der Waals surface area contributed by atoms with Crippen LogP contribution in [0.15, 0.2) is 18.2 Å². The van der Waals surface area contributed by atoms with Gasteiger partial charge in [-0.2, -0.15) is 0 Å². The standard InChI is InChI=1S/C15H26N2O3/c1-3-18-8-9-20-11-10-19-7-6-17-14-4-5-15(16)13(2)12-14/h4-5,12,17H,3,6-11,16H2,1-2H3. The van der Waals surface area contributed by atoms with Crippen molar-refractivity contribution in [2.24, 2.45) is 0 Å². The smallest absolute Gasteiger partial charge is 0.0701 e. The van der Waals surface area contributed by atoms with E-state index in [2.05, 4.69) is 5.32 Å². The van der Waals surface area contributed by atoms with Crippen LogP contribution in [0.2, 0.25) is 0 Å². The molecule has 0 fully saturated rings. The highest BCUT2D eigenvalue weighted by Crippen LogP contribution is 2.15. The van der Waals surface area contributed by atoms with Crippen molar-refractivity contribution in [3.8, 4) is 0 Å². The van der Waals surface area contributed by atoms with Gasteiger partial charge < -0.3 is 25.3 Å². The van der Waals surface area contributed by atoms with Gasteiger partial charge in [0.25, 0.3) is 0 Å². The zero-order valence-electron chi connectivity index (χ0n) is 12.5. The fourth-order valence-electron chi connectivity index (χ4n) is 1.64. The van der Waals surface area contributed by atoms with Crippen molar-refractivity contribution in [1.29, 1.82) is 0 Å². The predicted octanol–water partition coefficient (Wildman–Crippen LogP) is 2.06. The highest BCUT2D eigenvalue weighted by molar-refractivity contribution is 5.56. The number of hydrogen-bond acceptors (Lipinski definition) is 5. The number of nitrogen functional groups attached to an aromatic ring is 1. The zero-order valence-corrected chi connectivity index (χ0v) is 12.5. The molecule has 0 unspecified atom stereocenters. The fourth-order valence-corrected chi connectivity index (χ4v) is 1.64. The van der Waals surface area contributed by atoms with Gasteiger partial charge in [-0.3, -0.25) is 0 Å². The molecule has 1 aromatic rings. The second-order valence-corrected chi connectivity index (χ2v) is 4.42. The van der Waals surface area contributed by atoms with Crippen LogP contribution in [0.1, 0.15) is 12.5 Å². The van der Waals surface area contributed by atoms with E-state index < -0.39 is 0 Å². The Morgan fingerprint density at radius 3 is 2.30 bits per heavy atom. The molecule has 0 amide bonds. The molecule has 0 aliphatic carbocycles. The van der Waals surface area contributed by atoms with Gasteiger partial charge in [-0.05, 0) is 37.6 Å². The number of hydrogen-bond donors (Lipinski definition) is 2. The SMILES string of the molecule is CCOCCOCCOCCNc1ccc(N)c(C)c1. The maximum Gasteiger partial charge on any atom is 0.0701 e. The molecule has 0 bridgehead atoms. The average molecular weight is 282 g/mol. The third-order valence-electron chi connectivity index (χ3n) is 2.79. The largest absolute Gasteiger partial charge is 0.399 e. The molecule has 0 spiro atoms. The summed E-state index contributed by atoms with van der Waals surface area (Å²) in [6, 6.07) is 5.91. The van der Waals surface area contributed by atoms with Gasteiger partial charge in [0.15, 0.2) is 0 Å². The molecule has 20 heavy (non-hydrogen) atoms. The lowest BCUT2D eigenvalue weighted by Crippen LogP contribution is -2.14. The molecule has 0 atom stereocenters. The summed E-state index contributed by atoms with van der Waals surface area (Å²) >= 11 is 0. The number of ether oxygens (including phenoxy) is 3. The molecular formula is C15H26N2O3. The Morgan fingerprint density at radius 1 is 1.00 bits per heavy atom. The highest BCUT2D eigenvalue weighted by atomic mass is 16.5. The van der Waals surface area contributed by atoms with Crippen molar-refractivity contribution >= 4 is 11.4 Å². The Hall–Kier alpha value is -1.30. The molecule has 114 valence electrons. The lowest BCUT2D eigenvalue weighted by molar-refractivity contribution is 0.0189. The maximum atomic E-state index is 5.77. The Labute approximate surface area is 121 Å². The quantitative estimate of drug-likeness (QED) is 0.480. The summed E-state index contributed by atoms with van der Waals surface area (Å²) in [6.07, 6.45) is 0. The first kappa shape index (κ1) is 16.8. The van der Waals surface area contributed by atoms with Gasteiger partial charge in [0.2, 0.25) is 0 Å². The molecule has 0 saturated heterocycles. The van der Waals surface area contributed by atoms with Crippen molar-refractivity contribution in [3.63, 3.8) is 0 Å². The normalized spacial score (nSPS) is 10.7. The minimum Gasteiger partial charge on any atom is -0.399 e. The van der Waals surface area contributed by atoms with Crippen LogP contribution < -0.4 is 11.1 Å². The number of aryl methyl sites for hydroxylation is 1. The minimum atomic E-state index is 0.605. The predicted molar refractivity (Wildman–Crippen MR) is 82.2 cm³/mol. The topological polar surface area (TPSA) is 65.7 Å². The van der Waals surface area contributed by atoms with Crippen molar-refractivity contribution in [2.75, 3.05) is 57.2 Å². The molecule has 5 heteroatoms. The third-order valence-corrected chi connectivity index (χ3v) is 2.79. The summed E-state index contributed by atoms with van der Waals surface area (Å²) in [5.41, 5.74) is 8.73. The molecule has 0 aromatic heterocycles. The Bertz CT molecular complexity index is 372. The summed E-state index contributed by atoms with van der Waals surface area (Å²) in [4.78, 5) is 0. The molecule has 0 saturated carbocycles. The first-order valence-electron chi connectivity index (χ1n) is 7.07. The van der Waals surface area contributed by atoms with E-state index in [0.717, 1.165) is 30.1 Å². The number of anilines is 2. The molecule has 0 heterocycles. The van der Waals surface area contributed by atoms with E-state index >= 15 is 0 Å². The molecule has 1 rings (SSSR count). The summed E-state index contributed by atoms with van der Waals surface area (Å²) < 4.78 is 16.0. The number of nitrogens with one attached hydrogen (secondary N) is 1. The van der Waals surface area contributed by atoms with Crippen molar-refractivity contribution in [3.05, 3.63) is 23.8 Å². The molecule has 0 radical (unpaired) electrons. The van der Waals surface area contributed by atoms with Crippen molar-refractivity contribution in [1.82, 2.24) is 0 Å². The van der Waals surface area contributed by atoms with Gasteiger partial charge >= 0.3 is 0 Å². The number of nitrogens with two attached hydrogens (primary N) is 1. The van der Waals surface area contributed by atoms with Crippen LogP contribution in [0.5, 0.6) is 0 Å². The van der Waals surface area contributed by atoms with Crippen LogP contribution in [0.3, 0.4) is 0 Å². The second-order valence-electron chi connectivity index (χ2n) is 4.42. The second kappa shape index (κ2) is 10.5. The van der Waals surface area contributed by atoms with Gasteiger partial charge in [-0.1, -0.05) is 0 Å². The first-order valence-corrected chi connectivity index (χ1v) is 7.07. The summed E-state index contributed by atoms with van der Waals surface area (Å²) in [6.45, 7) is 8.60. The summed E-state index contributed by atoms with van der Waals surface area (Å²) in [5.74, 6) is 0. The van der Waals surface area contributed by atoms with E-state index in [0.29, 0.717) is 33.0 Å². The van der Waals surface area contributed by atoms with Gasteiger partial charge in [-0.25, -0.2) is 0 Å². The van der Waals surface area contributed by atoms with E-state index in [1.807, 2.05) is 32.0 Å². The lowest BCUT2D eigenvalue weighted by atomic mass is 10.2. The minimum absolute atomic E-state index is 0.605. The van der Waals surface area contributed by atoms with E-state index in [4.69, 9.17) is 19.9 Å².